The number of nitrogens with zero attached hydrogens (tertiary/aromatic N) is 2. The lowest BCUT2D eigenvalue weighted by Gasteiger charge is -2.41. The van der Waals surface area contributed by atoms with Crippen LogP contribution in [-0.4, -0.2) is 49.6 Å². The summed E-state index contributed by atoms with van der Waals surface area (Å²) in [6, 6.07) is 3.64. The van der Waals surface area contributed by atoms with Gasteiger partial charge in [0.1, 0.15) is 0 Å². The summed E-state index contributed by atoms with van der Waals surface area (Å²) in [4.78, 5) is 4.38. The van der Waals surface area contributed by atoms with Crippen LogP contribution in [0, 0.1) is 6.92 Å². The molecule has 6 heteroatoms. The van der Waals surface area contributed by atoms with Crippen LogP contribution in [0.3, 0.4) is 0 Å². The largest absolute Gasteiger partial charge is 0.416 e. The summed E-state index contributed by atoms with van der Waals surface area (Å²) in [6.45, 7) is 4.40. The predicted molar refractivity (Wildman–Crippen MR) is 77.0 cm³/mol. The zero-order valence-corrected chi connectivity index (χ0v) is 12.6. The summed E-state index contributed by atoms with van der Waals surface area (Å²) in [7, 11) is 4.04. The first-order chi connectivity index (χ1) is 9.70. The van der Waals surface area contributed by atoms with Gasteiger partial charge in [0.05, 0.1) is 5.56 Å². The molecule has 0 amide bonds. The lowest BCUT2D eigenvalue weighted by atomic mass is 9.92. The number of halogens is 3. The van der Waals surface area contributed by atoms with Crippen LogP contribution in [0.5, 0.6) is 0 Å². The lowest BCUT2D eigenvalue weighted by Crippen LogP contribution is -2.54. The fourth-order valence-electron chi connectivity index (χ4n) is 2.87. The van der Waals surface area contributed by atoms with Crippen molar-refractivity contribution in [3.63, 3.8) is 0 Å². The van der Waals surface area contributed by atoms with Crippen molar-refractivity contribution < 1.29 is 13.2 Å². The van der Waals surface area contributed by atoms with Crippen molar-refractivity contribution in [1.29, 1.82) is 0 Å². The molecule has 0 saturated carbocycles. The van der Waals surface area contributed by atoms with E-state index in [1.165, 1.54) is 12.1 Å². The van der Waals surface area contributed by atoms with Gasteiger partial charge >= 0.3 is 6.18 Å². The summed E-state index contributed by atoms with van der Waals surface area (Å²) in [5.74, 6) is 0. The van der Waals surface area contributed by atoms with Gasteiger partial charge < -0.3 is 10.6 Å². The third-order valence-corrected chi connectivity index (χ3v) is 4.27. The van der Waals surface area contributed by atoms with E-state index in [-0.39, 0.29) is 12.1 Å². The van der Waals surface area contributed by atoms with Crippen LogP contribution >= 0.6 is 0 Å². The van der Waals surface area contributed by atoms with Gasteiger partial charge in [0.15, 0.2) is 0 Å². The molecule has 2 unspecified atom stereocenters. The lowest BCUT2D eigenvalue weighted by molar-refractivity contribution is -0.137. The maximum absolute atomic E-state index is 12.7. The number of aryl methyl sites for hydroxylation is 1. The average Bonchev–Trinajstić information content (AvgIpc) is 2.39. The molecule has 1 saturated heterocycles. The maximum atomic E-state index is 12.7. The molecule has 2 rings (SSSR count). The molecule has 3 nitrogen and oxygen atoms in total. The quantitative estimate of drug-likeness (QED) is 0.909. The van der Waals surface area contributed by atoms with Crippen LogP contribution in [0.4, 0.5) is 13.2 Å². The zero-order chi connectivity index (χ0) is 15.8. The number of likely N-dealkylation sites (N-methyl/N-ethyl adjacent to an activating group) is 2. The van der Waals surface area contributed by atoms with E-state index >= 15 is 0 Å². The summed E-state index contributed by atoms with van der Waals surface area (Å²) >= 11 is 0. The number of alkyl halides is 3. The van der Waals surface area contributed by atoms with Gasteiger partial charge in [0, 0.05) is 31.7 Å². The summed E-state index contributed by atoms with van der Waals surface area (Å²) < 4.78 is 38.2. The Balaban J connectivity index is 2.25. The van der Waals surface area contributed by atoms with Crippen LogP contribution in [-0.2, 0) is 6.18 Å². The number of hydrogen-bond donors (Lipinski definition) is 1. The Kier molecular flexibility index (Phi) is 4.60. The highest BCUT2D eigenvalue weighted by atomic mass is 19.4. The van der Waals surface area contributed by atoms with Crippen molar-refractivity contribution in [3.8, 4) is 0 Å². The normalized spacial score (nSPS) is 23.3. The minimum atomic E-state index is -4.31. The Labute approximate surface area is 123 Å². The number of rotatable bonds is 2. The van der Waals surface area contributed by atoms with E-state index < -0.39 is 11.7 Å². The van der Waals surface area contributed by atoms with Gasteiger partial charge in [-0.15, -0.1) is 0 Å². The minimum Gasteiger partial charge on any atom is -0.323 e. The Morgan fingerprint density at radius 2 is 1.90 bits per heavy atom. The number of piperazine rings is 1. The number of benzene rings is 1. The summed E-state index contributed by atoms with van der Waals surface area (Å²) in [5.41, 5.74) is 7.10. The Hall–Kier alpha value is -1.11. The molecular weight excluding hydrogens is 279 g/mol. The molecule has 2 N–H and O–H groups in total. The standard InChI is InChI=1S/C15H22F3N3/c1-10-8-11(15(16,17)18)4-5-12(10)14(19)13-9-20(2)6-7-21(13)3/h4-5,8,13-14H,6-7,9,19H2,1-3H3. The van der Waals surface area contributed by atoms with Crippen molar-refractivity contribution in [1.82, 2.24) is 9.80 Å². The maximum Gasteiger partial charge on any atom is 0.416 e. The predicted octanol–water partition coefficient (Wildman–Crippen LogP) is 2.26. The van der Waals surface area contributed by atoms with Gasteiger partial charge in [-0.2, -0.15) is 13.2 Å². The molecule has 1 aromatic rings. The van der Waals surface area contributed by atoms with Gasteiger partial charge in [-0.25, -0.2) is 0 Å². The topological polar surface area (TPSA) is 32.5 Å². The van der Waals surface area contributed by atoms with E-state index in [0.29, 0.717) is 5.56 Å². The van der Waals surface area contributed by atoms with Gasteiger partial charge in [-0.05, 0) is 44.3 Å². The summed E-state index contributed by atoms with van der Waals surface area (Å²) in [6.07, 6.45) is -4.31. The van der Waals surface area contributed by atoms with Gasteiger partial charge in [-0.1, -0.05) is 6.07 Å². The highest BCUT2D eigenvalue weighted by molar-refractivity contribution is 5.35. The molecule has 1 fully saturated rings. The molecule has 0 spiro atoms. The Morgan fingerprint density at radius 1 is 1.24 bits per heavy atom. The molecule has 0 bridgehead atoms. The van der Waals surface area contributed by atoms with E-state index in [9.17, 15) is 13.2 Å². The molecule has 1 aromatic carbocycles. The number of nitrogens with two attached hydrogens (primary N) is 1. The second-order valence-electron chi connectivity index (χ2n) is 5.91. The van der Waals surface area contributed by atoms with Crippen molar-refractivity contribution in [2.45, 2.75) is 25.2 Å². The summed E-state index contributed by atoms with van der Waals surface area (Å²) in [5, 5.41) is 0. The van der Waals surface area contributed by atoms with Crippen molar-refractivity contribution in [2.75, 3.05) is 33.7 Å². The molecule has 0 radical (unpaired) electrons. The minimum absolute atomic E-state index is 0.110. The van der Waals surface area contributed by atoms with Gasteiger partial charge in [0.25, 0.3) is 0 Å². The molecule has 0 aromatic heterocycles. The third kappa shape index (κ3) is 3.56. The first-order valence-electron chi connectivity index (χ1n) is 7.02. The Bertz CT molecular complexity index is 501. The van der Waals surface area contributed by atoms with Crippen LogP contribution in [0.2, 0.25) is 0 Å². The second kappa shape index (κ2) is 5.94. The molecule has 1 aliphatic heterocycles. The molecule has 118 valence electrons. The highest BCUT2D eigenvalue weighted by Crippen LogP contribution is 2.32. The number of hydrogen-bond acceptors (Lipinski definition) is 3. The van der Waals surface area contributed by atoms with Crippen molar-refractivity contribution >= 4 is 0 Å². The fourth-order valence-corrected chi connectivity index (χ4v) is 2.87. The first-order valence-corrected chi connectivity index (χ1v) is 7.02. The van der Waals surface area contributed by atoms with E-state index in [4.69, 9.17) is 5.73 Å². The molecule has 1 aliphatic rings. The van der Waals surface area contributed by atoms with Gasteiger partial charge in [-0.3, -0.25) is 4.90 Å². The first kappa shape index (κ1) is 16.3. The van der Waals surface area contributed by atoms with E-state index in [1.54, 1.807) is 6.92 Å². The molecule has 21 heavy (non-hydrogen) atoms. The monoisotopic (exact) mass is 301 g/mol. The van der Waals surface area contributed by atoms with Crippen LogP contribution < -0.4 is 5.73 Å². The molecule has 1 heterocycles. The average molecular weight is 301 g/mol. The Morgan fingerprint density at radius 3 is 2.48 bits per heavy atom. The third-order valence-electron chi connectivity index (χ3n) is 4.27. The van der Waals surface area contributed by atoms with Gasteiger partial charge in [0.2, 0.25) is 0 Å². The van der Waals surface area contributed by atoms with E-state index in [2.05, 4.69) is 9.80 Å². The molecular formula is C15H22F3N3. The SMILES string of the molecule is Cc1cc(C(F)(F)F)ccc1C(N)C1CN(C)CCN1C. The van der Waals surface area contributed by atoms with Crippen molar-refractivity contribution in [2.24, 2.45) is 5.73 Å². The van der Waals surface area contributed by atoms with E-state index in [1.807, 2.05) is 14.1 Å². The zero-order valence-electron chi connectivity index (χ0n) is 12.6. The van der Waals surface area contributed by atoms with E-state index in [0.717, 1.165) is 31.3 Å². The molecule has 2 atom stereocenters. The second-order valence-corrected chi connectivity index (χ2v) is 5.91. The smallest absolute Gasteiger partial charge is 0.323 e. The van der Waals surface area contributed by atoms with Crippen LogP contribution in [0.25, 0.3) is 0 Å². The van der Waals surface area contributed by atoms with Crippen molar-refractivity contribution in [3.05, 3.63) is 34.9 Å². The highest BCUT2D eigenvalue weighted by Gasteiger charge is 2.33. The fraction of sp³-hybridized carbons (Fsp3) is 0.600. The van der Waals surface area contributed by atoms with Crippen LogP contribution in [0.15, 0.2) is 18.2 Å². The van der Waals surface area contributed by atoms with Crippen LogP contribution in [0.1, 0.15) is 22.7 Å². The molecule has 0 aliphatic carbocycles.